The molecular formula is C19H28O2S. The number of ketones is 1. The minimum Gasteiger partial charge on any atom is -0.393 e. The zero-order valence-electron chi connectivity index (χ0n) is 13.8. The van der Waals surface area contributed by atoms with Gasteiger partial charge < -0.3 is 5.11 Å². The van der Waals surface area contributed by atoms with Crippen LogP contribution in [0.25, 0.3) is 0 Å². The number of aliphatic hydroxyl groups is 1. The van der Waals surface area contributed by atoms with Crippen molar-refractivity contribution in [1.82, 2.24) is 0 Å². The quantitative estimate of drug-likeness (QED) is 0.658. The smallest absolute Gasteiger partial charge is 0.168 e. The largest absolute Gasteiger partial charge is 0.393 e. The van der Waals surface area contributed by atoms with Crippen LogP contribution >= 0.6 is 12.6 Å². The van der Waals surface area contributed by atoms with E-state index in [1.165, 1.54) is 24.8 Å². The molecule has 4 aliphatic rings. The summed E-state index contributed by atoms with van der Waals surface area (Å²) in [5.41, 5.74) is 1.69. The normalized spacial score (nSPS) is 51.4. The van der Waals surface area contributed by atoms with E-state index in [4.69, 9.17) is 0 Å². The topological polar surface area (TPSA) is 37.3 Å². The van der Waals surface area contributed by atoms with Gasteiger partial charge in [-0.3, -0.25) is 4.79 Å². The van der Waals surface area contributed by atoms with Crippen molar-refractivity contribution in [3.8, 4) is 0 Å². The van der Waals surface area contributed by atoms with Gasteiger partial charge in [0.25, 0.3) is 0 Å². The number of hydrogen-bond donors (Lipinski definition) is 2. The zero-order chi connectivity index (χ0) is 15.7. The molecular weight excluding hydrogens is 292 g/mol. The molecule has 0 saturated heterocycles. The number of rotatable bonds is 0. The van der Waals surface area contributed by atoms with Gasteiger partial charge >= 0.3 is 0 Å². The van der Waals surface area contributed by atoms with Gasteiger partial charge in [-0.15, -0.1) is 12.6 Å². The van der Waals surface area contributed by atoms with Gasteiger partial charge in [-0.1, -0.05) is 13.8 Å². The third kappa shape index (κ3) is 1.81. The Morgan fingerprint density at radius 2 is 1.82 bits per heavy atom. The number of carbonyl (C=O) groups excluding carboxylic acids is 1. The molecule has 6 atom stereocenters. The van der Waals surface area contributed by atoms with Crippen LogP contribution in [-0.2, 0) is 4.79 Å². The van der Waals surface area contributed by atoms with Crippen LogP contribution in [0.15, 0.2) is 10.5 Å². The first-order valence-corrected chi connectivity index (χ1v) is 9.46. The zero-order valence-corrected chi connectivity index (χ0v) is 14.7. The van der Waals surface area contributed by atoms with E-state index in [2.05, 4.69) is 26.5 Å². The molecule has 2 nitrogen and oxygen atoms in total. The highest BCUT2D eigenvalue weighted by molar-refractivity contribution is 7.85. The first kappa shape index (κ1) is 15.3. The molecule has 0 unspecified atom stereocenters. The Hall–Kier alpha value is -0.280. The van der Waals surface area contributed by atoms with Crippen LogP contribution in [-0.4, -0.2) is 17.0 Å². The van der Waals surface area contributed by atoms with Gasteiger partial charge in [-0.2, -0.15) is 0 Å². The summed E-state index contributed by atoms with van der Waals surface area (Å²) in [5.74, 6) is 2.36. The van der Waals surface area contributed by atoms with Gasteiger partial charge in [-0.25, -0.2) is 0 Å². The lowest BCUT2D eigenvalue weighted by atomic mass is 9.47. The summed E-state index contributed by atoms with van der Waals surface area (Å²) in [6, 6.07) is 0. The van der Waals surface area contributed by atoms with Crippen molar-refractivity contribution < 1.29 is 9.90 Å². The lowest BCUT2D eigenvalue weighted by Gasteiger charge is -2.58. The minimum atomic E-state index is -0.100. The van der Waals surface area contributed by atoms with Crippen LogP contribution in [0.2, 0.25) is 0 Å². The van der Waals surface area contributed by atoms with Gasteiger partial charge in [0.15, 0.2) is 5.78 Å². The van der Waals surface area contributed by atoms with Crippen molar-refractivity contribution >= 4 is 18.4 Å². The highest BCUT2D eigenvalue weighted by Crippen LogP contribution is 2.65. The molecule has 3 fully saturated rings. The average molecular weight is 320 g/mol. The van der Waals surface area contributed by atoms with Crippen molar-refractivity contribution in [3.63, 3.8) is 0 Å². The van der Waals surface area contributed by atoms with Crippen LogP contribution in [0.4, 0.5) is 0 Å². The highest BCUT2D eigenvalue weighted by Gasteiger charge is 2.59. The first-order valence-electron chi connectivity index (χ1n) is 9.02. The Morgan fingerprint density at radius 3 is 2.59 bits per heavy atom. The summed E-state index contributed by atoms with van der Waals surface area (Å²) in [5, 5.41) is 10.5. The molecule has 122 valence electrons. The van der Waals surface area contributed by atoms with Gasteiger partial charge in [-0.05, 0) is 79.1 Å². The fourth-order valence-electron chi connectivity index (χ4n) is 6.66. The second kappa shape index (κ2) is 4.86. The molecule has 0 aromatic carbocycles. The molecule has 0 bridgehead atoms. The monoisotopic (exact) mass is 320 g/mol. The lowest BCUT2D eigenvalue weighted by Crippen LogP contribution is -2.51. The molecule has 3 heteroatoms. The van der Waals surface area contributed by atoms with Crippen LogP contribution < -0.4 is 0 Å². The molecule has 0 heterocycles. The number of aliphatic hydroxyl groups excluding tert-OH is 1. The van der Waals surface area contributed by atoms with Crippen molar-refractivity contribution in [1.29, 1.82) is 0 Å². The van der Waals surface area contributed by atoms with Crippen molar-refractivity contribution in [3.05, 3.63) is 10.5 Å². The fraction of sp³-hybridized carbons (Fsp3) is 0.842. The summed E-state index contributed by atoms with van der Waals surface area (Å²) >= 11 is 4.59. The van der Waals surface area contributed by atoms with Gasteiger partial charge in [0, 0.05) is 11.3 Å². The van der Waals surface area contributed by atoms with Crippen LogP contribution in [0.3, 0.4) is 0 Å². The molecule has 3 saturated carbocycles. The molecule has 1 N–H and O–H groups in total. The van der Waals surface area contributed by atoms with E-state index in [1.54, 1.807) is 0 Å². The number of hydrogen-bond acceptors (Lipinski definition) is 3. The van der Waals surface area contributed by atoms with Crippen molar-refractivity contribution in [2.75, 3.05) is 0 Å². The van der Waals surface area contributed by atoms with E-state index in [0.717, 1.165) is 36.5 Å². The maximum absolute atomic E-state index is 12.1. The third-order valence-electron chi connectivity index (χ3n) is 8.04. The van der Waals surface area contributed by atoms with E-state index < -0.39 is 0 Å². The van der Waals surface area contributed by atoms with Gasteiger partial charge in [0.2, 0.25) is 0 Å². The van der Waals surface area contributed by atoms with E-state index in [-0.39, 0.29) is 22.7 Å². The molecule has 0 spiro atoms. The molecule has 4 aliphatic carbocycles. The summed E-state index contributed by atoms with van der Waals surface area (Å²) in [6.07, 6.45) is 8.37. The van der Waals surface area contributed by atoms with Gasteiger partial charge in [0.05, 0.1) is 6.10 Å². The third-order valence-corrected chi connectivity index (χ3v) is 8.56. The molecule has 0 aromatic rings. The standard InChI is InChI=1S/C19H28O2S/c1-18-10-8-15(20)17(22)14(18)4-3-11-12-5-6-16(21)19(12,2)9-7-13(11)18/h11-13,16,21-22H,3-10H2,1-2H3/t11-,12-,13-,16-,18+,19-/m0/s1. The molecule has 0 aliphatic heterocycles. The molecule has 4 rings (SSSR count). The Balaban J connectivity index is 1.72. The minimum absolute atomic E-state index is 0.100. The average Bonchev–Trinajstić information content (AvgIpc) is 2.79. The van der Waals surface area contributed by atoms with Crippen molar-refractivity contribution in [2.24, 2.45) is 28.6 Å². The fourth-order valence-corrected chi connectivity index (χ4v) is 7.14. The summed E-state index contributed by atoms with van der Waals surface area (Å²) in [6.45, 7) is 4.73. The highest BCUT2D eigenvalue weighted by atomic mass is 32.1. The molecule has 0 amide bonds. The maximum atomic E-state index is 12.1. The predicted octanol–water partition coefficient (Wildman–Crippen LogP) is 4.14. The van der Waals surface area contributed by atoms with E-state index in [9.17, 15) is 9.90 Å². The van der Waals surface area contributed by atoms with Crippen molar-refractivity contribution in [2.45, 2.75) is 71.3 Å². The number of Topliss-reactive ketones (excluding diaryl/α,β-unsaturated/α-hetero) is 1. The van der Waals surface area contributed by atoms with Gasteiger partial charge in [0.1, 0.15) is 0 Å². The number of thiol groups is 1. The molecule has 22 heavy (non-hydrogen) atoms. The molecule has 0 aromatic heterocycles. The first-order chi connectivity index (χ1) is 10.4. The summed E-state index contributed by atoms with van der Waals surface area (Å²) in [7, 11) is 0. The Morgan fingerprint density at radius 1 is 1.05 bits per heavy atom. The maximum Gasteiger partial charge on any atom is 0.168 e. The lowest BCUT2D eigenvalue weighted by molar-refractivity contribution is -0.118. The summed E-state index contributed by atoms with van der Waals surface area (Å²) < 4.78 is 0. The van der Waals surface area contributed by atoms with E-state index >= 15 is 0 Å². The Labute approximate surface area is 139 Å². The van der Waals surface area contributed by atoms with E-state index in [1.807, 2.05) is 0 Å². The SMILES string of the molecule is C[C@]12CC[C@H]3[C@@H](CCC4=C(S)C(=O)CC[C@@]43C)[C@@H]1CC[C@@H]2O. The number of fused-ring (bicyclic) bond motifs is 5. The molecule has 0 radical (unpaired) electrons. The Bertz CT molecular complexity index is 554. The second-order valence-corrected chi connectivity index (χ2v) is 9.17. The van der Waals surface area contributed by atoms with Crippen LogP contribution in [0.1, 0.15) is 65.2 Å². The summed E-state index contributed by atoms with van der Waals surface area (Å²) in [4.78, 5) is 12.8. The van der Waals surface area contributed by atoms with Crippen LogP contribution in [0.5, 0.6) is 0 Å². The number of carbonyl (C=O) groups is 1. The van der Waals surface area contributed by atoms with E-state index in [0.29, 0.717) is 18.3 Å². The predicted molar refractivity (Wildman–Crippen MR) is 90.6 cm³/mol. The van der Waals surface area contributed by atoms with Crippen LogP contribution in [0, 0.1) is 28.6 Å². The second-order valence-electron chi connectivity index (χ2n) is 8.72. The number of allylic oxidation sites excluding steroid dienone is 1. The Kier molecular flexibility index (Phi) is 3.37.